The first-order chi connectivity index (χ1) is 22.1. The summed E-state index contributed by atoms with van der Waals surface area (Å²) in [5, 5.41) is 10.7. The lowest BCUT2D eigenvalue weighted by Crippen LogP contribution is -2.34. The Balaban J connectivity index is 0.000000182. The largest absolute Gasteiger partial charge is 0.399 e. The van der Waals surface area contributed by atoms with Crippen molar-refractivity contribution < 1.29 is 22.5 Å². The third-order valence-corrected chi connectivity index (χ3v) is 8.85. The van der Waals surface area contributed by atoms with E-state index in [1.165, 1.54) is 30.3 Å². The number of nitrogens with two attached hydrogens (primary N) is 1. The molecule has 2 saturated heterocycles. The van der Waals surface area contributed by atoms with E-state index in [9.17, 15) is 27.7 Å². The summed E-state index contributed by atoms with van der Waals surface area (Å²) in [5.41, 5.74) is 8.85. The molecule has 6 rings (SSSR count). The molecule has 2 fully saturated rings. The molecule has 4 aromatic carbocycles. The first-order valence-corrected chi connectivity index (χ1v) is 15.6. The van der Waals surface area contributed by atoms with Gasteiger partial charge in [-0.15, -0.1) is 0 Å². The summed E-state index contributed by atoms with van der Waals surface area (Å²) >= 11 is 0. The number of non-ortho nitro benzene ring substituents is 1. The van der Waals surface area contributed by atoms with Crippen LogP contribution in [0.15, 0.2) is 84.9 Å². The molecule has 0 bridgehead atoms. The number of benzene rings is 4. The Hall–Kier alpha value is -4.60. The second-order valence-corrected chi connectivity index (χ2v) is 12.1. The molecule has 0 unspecified atom stereocenters. The van der Waals surface area contributed by atoms with Crippen LogP contribution in [-0.4, -0.2) is 31.1 Å². The van der Waals surface area contributed by atoms with E-state index in [0.29, 0.717) is 42.0 Å². The summed E-state index contributed by atoms with van der Waals surface area (Å²) in [6.45, 7) is 3.02. The van der Waals surface area contributed by atoms with Crippen molar-refractivity contribution in [1.29, 1.82) is 0 Å². The zero-order valence-electron chi connectivity index (χ0n) is 25.6. The van der Waals surface area contributed by atoms with Crippen LogP contribution >= 0.6 is 0 Å². The highest BCUT2D eigenvalue weighted by atomic mass is 19.1. The van der Waals surface area contributed by atoms with Gasteiger partial charge in [-0.2, -0.15) is 0 Å². The van der Waals surface area contributed by atoms with Crippen LogP contribution in [0.4, 0.5) is 40.3 Å². The summed E-state index contributed by atoms with van der Waals surface area (Å²) in [5.74, 6) is -0.271. The summed E-state index contributed by atoms with van der Waals surface area (Å²) < 4.78 is 54.5. The van der Waals surface area contributed by atoms with Crippen molar-refractivity contribution in [3.8, 4) is 0 Å². The number of hydrogen-bond acceptors (Lipinski definition) is 5. The van der Waals surface area contributed by atoms with Gasteiger partial charge in [0.05, 0.1) is 22.4 Å². The van der Waals surface area contributed by atoms with Crippen molar-refractivity contribution in [3.05, 3.63) is 129 Å². The number of piperidine rings is 2. The van der Waals surface area contributed by atoms with Crippen molar-refractivity contribution in [2.45, 2.75) is 38.5 Å². The predicted octanol–water partition coefficient (Wildman–Crippen LogP) is 8.34. The highest BCUT2D eigenvalue weighted by Crippen LogP contribution is 2.30. The molecule has 2 heterocycles. The molecule has 6 nitrogen and oxygen atoms in total. The molecule has 0 aromatic heterocycles. The Labute approximate surface area is 266 Å². The van der Waals surface area contributed by atoms with Crippen LogP contribution in [-0.2, 0) is 12.8 Å². The number of halogens is 4. The summed E-state index contributed by atoms with van der Waals surface area (Å²) in [7, 11) is 0. The lowest BCUT2D eigenvalue weighted by Gasteiger charge is -2.34. The molecule has 0 atom stereocenters. The van der Waals surface area contributed by atoms with Crippen LogP contribution in [0.2, 0.25) is 0 Å². The van der Waals surface area contributed by atoms with Gasteiger partial charge in [0.25, 0.3) is 5.69 Å². The van der Waals surface area contributed by atoms with Crippen LogP contribution in [0.1, 0.15) is 36.8 Å². The molecule has 0 radical (unpaired) electrons. The molecule has 46 heavy (non-hydrogen) atoms. The Bertz CT molecular complexity index is 1640. The van der Waals surface area contributed by atoms with E-state index < -0.39 is 10.7 Å². The van der Waals surface area contributed by atoms with Crippen LogP contribution in [0.3, 0.4) is 0 Å². The Morgan fingerprint density at radius 3 is 1.52 bits per heavy atom. The highest BCUT2D eigenvalue weighted by molar-refractivity contribution is 5.55. The zero-order valence-corrected chi connectivity index (χ0v) is 25.6. The molecule has 0 spiro atoms. The third-order valence-electron chi connectivity index (χ3n) is 8.85. The van der Waals surface area contributed by atoms with Crippen molar-refractivity contribution in [3.63, 3.8) is 0 Å². The molecule has 0 saturated carbocycles. The van der Waals surface area contributed by atoms with E-state index in [1.54, 1.807) is 36.4 Å². The van der Waals surface area contributed by atoms with Crippen molar-refractivity contribution in [2.24, 2.45) is 11.8 Å². The first kappa shape index (κ1) is 32.8. The molecule has 2 aliphatic rings. The van der Waals surface area contributed by atoms with Crippen molar-refractivity contribution in [2.75, 3.05) is 41.7 Å². The van der Waals surface area contributed by atoms with Gasteiger partial charge in [0.1, 0.15) is 17.5 Å². The topological polar surface area (TPSA) is 75.6 Å². The van der Waals surface area contributed by atoms with Gasteiger partial charge in [-0.1, -0.05) is 24.3 Å². The second-order valence-electron chi connectivity index (χ2n) is 12.1. The van der Waals surface area contributed by atoms with Crippen molar-refractivity contribution in [1.82, 2.24) is 0 Å². The molecule has 10 heteroatoms. The van der Waals surface area contributed by atoms with E-state index in [4.69, 9.17) is 5.73 Å². The molecule has 2 aliphatic heterocycles. The molecule has 0 amide bonds. The second kappa shape index (κ2) is 15.1. The quantitative estimate of drug-likeness (QED) is 0.0958. The number of nitro benzene ring substituents is 1. The summed E-state index contributed by atoms with van der Waals surface area (Å²) in [6, 6.07) is 22.0. The molecule has 0 aliphatic carbocycles. The predicted molar refractivity (Wildman–Crippen MR) is 174 cm³/mol. The van der Waals surface area contributed by atoms with E-state index in [1.807, 2.05) is 17.0 Å². The summed E-state index contributed by atoms with van der Waals surface area (Å²) in [6.07, 6.45) is 5.44. The monoisotopic (exact) mass is 634 g/mol. The zero-order chi connectivity index (χ0) is 32.6. The number of hydrogen-bond donors (Lipinski definition) is 1. The normalized spacial score (nSPS) is 15.7. The average Bonchev–Trinajstić information content (AvgIpc) is 3.02. The van der Waals surface area contributed by atoms with Crippen LogP contribution in [0.25, 0.3) is 0 Å². The molecular weight excluding hydrogens is 596 g/mol. The summed E-state index contributed by atoms with van der Waals surface area (Å²) in [4.78, 5) is 14.1. The van der Waals surface area contributed by atoms with Gasteiger partial charge in [-0.25, -0.2) is 17.6 Å². The van der Waals surface area contributed by atoms with Crippen molar-refractivity contribution >= 4 is 22.7 Å². The van der Waals surface area contributed by atoms with Crippen LogP contribution < -0.4 is 15.5 Å². The minimum atomic E-state index is -0.599. The smallest absolute Gasteiger partial charge is 0.272 e. The van der Waals surface area contributed by atoms with Gasteiger partial charge < -0.3 is 15.5 Å². The minimum absolute atomic E-state index is 0.182. The number of nitrogen functional groups attached to an aromatic ring is 1. The SMILES string of the molecule is Nc1ccc(N2CCC(Cc3cccc(F)c3)CC2)c(F)c1.O=[N+]([O-])c1ccc(N2CCC(Cc3cccc(F)c3)CC2)c(F)c1. The highest BCUT2D eigenvalue weighted by Gasteiger charge is 2.24. The lowest BCUT2D eigenvalue weighted by atomic mass is 9.90. The maximum atomic E-state index is 14.1. The lowest BCUT2D eigenvalue weighted by molar-refractivity contribution is -0.385. The van der Waals surface area contributed by atoms with Gasteiger partial charge in [-0.3, -0.25) is 10.1 Å². The van der Waals surface area contributed by atoms with E-state index in [0.717, 1.165) is 68.8 Å². The molecule has 4 aromatic rings. The van der Waals surface area contributed by atoms with Gasteiger partial charge in [0.15, 0.2) is 5.82 Å². The maximum absolute atomic E-state index is 14.1. The molecule has 242 valence electrons. The average molecular weight is 635 g/mol. The van der Waals surface area contributed by atoms with Gasteiger partial charge in [-0.05, 0) is 110 Å². The number of anilines is 3. The Kier molecular flexibility index (Phi) is 10.8. The fourth-order valence-electron chi connectivity index (χ4n) is 6.40. The van der Waals surface area contributed by atoms with Gasteiger partial charge in [0, 0.05) is 37.9 Å². The fourth-order valence-corrected chi connectivity index (χ4v) is 6.40. The Morgan fingerprint density at radius 2 is 1.11 bits per heavy atom. The first-order valence-electron chi connectivity index (χ1n) is 15.6. The van der Waals surface area contributed by atoms with Crippen LogP contribution in [0.5, 0.6) is 0 Å². The third kappa shape index (κ3) is 8.77. The molecular formula is C36H38F4N4O2. The van der Waals surface area contributed by atoms with Gasteiger partial charge >= 0.3 is 0 Å². The Morgan fingerprint density at radius 1 is 0.652 bits per heavy atom. The minimum Gasteiger partial charge on any atom is -0.399 e. The van der Waals surface area contributed by atoms with E-state index >= 15 is 0 Å². The number of nitrogens with zero attached hydrogens (tertiary/aromatic N) is 3. The van der Waals surface area contributed by atoms with Crippen LogP contribution in [0, 0.1) is 45.2 Å². The van der Waals surface area contributed by atoms with E-state index in [-0.39, 0.29) is 23.1 Å². The fraction of sp³-hybridized carbons (Fsp3) is 0.333. The van der Waals surface area contributed by atoms with Gasteiger partial charge in [0.2, 0.25) is 0 Å². The standard InChI is InChI=1S/C18H18F2N2O2.C18H20F2N2/c19-15-3-1-2-14(11-15)10-13-6-8-21(9-7-13)18-5-4-16(22(23)24)12-17(18)20;19-15-3-1-2-14(11-15)10-13-6-8-22(9-7-13)18-5-4-16(21)12-17(18)20/h1-5,11-13H,6-10H2;1-5,11-13H,6-10,21H2. The molecule has 2 N–H and O–H groups in total. The van der Waals surface area contributed by atoms with E-state index in [2.05, 4.69) is 4.90 Å². The number of nitro groups is 1. The number of rotatable bonds is 7. The maximum Gasteiger partial charge on any atom is 0.272 e.